The number of halogens is 1. The highest BCUT2D eigenvalue weighted by Gasteiger charge is 2.10. The summed E-state index contributed by atoms with van der Waals surface area (Å²) in [5.74, 6) is -0.964. The number of carboxylic acids is 1. The molecule has 0 aliphatic heterocycles. The summed E-state index contributed by atoms with van der Waals surface area (Å²) in [6.07, 6.45) is 2.17. The van der Waals surface area contributed by atoms with Crippen molar-refractivity contribution in [2.45, 2.75) is 24.7 Å². The van der Waals surface area contributed by atoms with Crippen molar-refractivity contribution in [3.63, 3.8) is 0 Å². The molecule has 15 heavy (non-hydrogen) atoms. The topological polar surface area (TPSA) is 37.3 Å². The molecule has 4 heteroatoms. The summed E-state index contributed by atoms with van der Waals surface area (Å²) >= 11 is 1.56. The Balaban J connectivity index is 2.74. The molecule has 0 saturated carbocycles. The monoisotopic (exact) mass is 228 g/mol. The summed E-state index contributed by atoms with van der Waals surface area (Å²) in [5, 5.41) is 8.71. The van der Waals surface area contributed by atoms with Gasteiger partial charge in [-0.05, 0) is 30.4 Å². The molecule has 2 nitrogen and oxygen atoms in total. The minimum absolute atomic E-state index is 0.253. The molecule has 0 aromatic heterocycles. The molecule has 0 fully saturated rings. The minimum atomic E-state index is -1.22. The van der Waals surface area contributed by atoms with Gasteiger partial charge < -0.3 is 5.11 Å². The van der Waals surface area contributed by atoms with Crippen LogP contribution in [0.4, 0.5) is 4.39 Å². The van der Waals surface area contributed by atoms with Crippen LogP contribution in [0.15, 0.2) is 23.1 Å². The zero-order chi connectivity index (χ0) is 11.3. The van der Waals surface area contributed by atoms with E-state index in [0.717, 1.165) is 23.5 Å². The number of benzene rings is 1. The lowest BCUT2D eigenvalue weighted by atomic mass is 10.2. The zero-order valence-electron chi connectivity index (χ0n) is 8.50. The second-order valence-corrected chi connectivity index (χ2v) is 4.32. The van der Waals surface area contributed by atoms with Gasteiger partial charge >= 0.3 is 5.97 Å². The maximum atomic E-state index is 13.0. The van der Waals surface area contributed by atoms with Crippen molar-refractivity contribution in [2.24, 2.45) is 0 Å². The third kappa shape index (κ3) is 3.55. The van der Waals surface area contributed by atoms with Crippen molar-refractivity contribution in [1.29, 1.82) is 0 Å². The maximum Gasteiger partial charge on any atom is 0.338 e. The number of thioether (sulfide) groups is 1. The number of unbranched alkanes of at least 4 members (excludes halogenated alkanes) is 1. The van der Waals surface area contributed by atoms with Gasteiger partial charge in [-0.15, -0.1) is 11.8 Å². The van der Waals surface area contributed by atoms with E-state index in [2.05, 4.69) is 6.92 Å². The van der Waals surface area contributed by atoms with Gasteiger partial charge in [0, 0.05) is 4.90 Å². The Kier molecular flexibility index (Phi) is 4.62. The van der Waals surface area contributed by atoms with Crippen molar-refractivity contribution < 1.29 is 14.3 Å². The van der Waals surface area contributed by atoms with Crippen LogP contribution in [0.3, 0.4) is 0 Å². The Morgan fingerprint density at radius 2 is 2.27 bits per heavy atom. The van der Waals surface area contributed by atoms with Crippen molar-refractivity contribution in [3.8, 4) is 0 Å². The second kappa shape index (κ2) is 5.75. The van der Waals surface area contributed by atoms with Gasteiger partial charge in [0.1, 0.15) is 5.82 Å². The highest BCUT2D eigenvalue weighted by molar-refractivity contribution is 7.99. The van der Waals surface area contributed by atoms with Crippen molar-refractivity contribution >= 4 is 17.7 Å². The number of aromatic carboxylic acids is 1. The normalized spacial score (nSPS) is 10.3. The minimum Gasteiger partial charge on any atom is -0.478 e. The number of carboxylic acid groups (broad SMARTS) is 1. The van der Waals surface area contributed by atoms with E-state index in [1.165, 1.54) is 12.1 Å². The fraction of sp³-hybridized carbons (Fsp3) is 0.364. The molecular formula is C11H13FO2S. The van der Waals surface area contributed by atoms with Gasteiger partial charge in [-0.25, -0.2) is 9.18 Å². The van der Waals surface area contributed by atoms with Crippen LogP contribution in [0.5, 0.6) is 0 Å². The van der Waals surface area contributed by atoms with E-state index in [9.17, 15) is 9.18 Å². The highest BCUT2D eigenvalue weighted by atomic mass is 32.2. The Bertz CT molecular complexity index is 352. The fourth-order valence-electron chi connectivity index (χ4n) is 1.09. The van der Waals surface area contributed by atoms with E-state index in [4.69, 9.17) is 5.11 Å². The summed E-state index contributed by atoms with van der Waals surface area (Å²) in [6, 6.07) is 4.21. The third-order valence-electron chi connectivity index (χ3n) is 1.93. The molecule has 0 atom stereocenters. The number of hydrogen-bond acceptors (Lipinski definition) is 2. The van der Waals surface area contributed by atoms with Crippen molar-refractivity contribution in [3.05, 3.63) is 29.6 Å². The molecular weight excluding hydrogens is 215 g/mol. The summed E-state index contributed by atoms with van der Waals surface area (Å²) in [6.45, 7) is 2.09. The van der Waals surface area contributed by atoms with Crippen LogP contribution in [0.2, 0.25) is 0 Å². The van der Waals surface area contributed by atoms with Crippen LogP contribution in [0.25, 0.3) is 0 Å². The first kappa shape index (κ1) is 12.0. The smallest absolute Gasteiger partial charge is 0.338 e. The SMILES string of the molecule is CCCCSc1ccc(F)c(C(=O)O)c1. The first-order valence-electron chi connectivity index (χ1n) is 4.80. The Morgan fingerprint density at radius 1 is 1.53 bits per heavy atom. The molecule has 0 aliphatic rings. The van der Waals surface area contributed by atoms with Gasteiger partial charge in [0.2, 0.25) is 0 Å². The van der Waals surface area contributed by atoms with Gasteiger partial charge in [-0.2, -0.15) is 0 Å². The Labute approximate surface area is 92.5 Å². The van der Waals surface area contributed by atoms with Crippen LogP contribution in [-0.2, 0) is 0 Å². The third-order valence-corrected chi connectivity index (χ3v) is 3.01. The predicted octanol–water partition coefficient (Wildman–Crippen LogP) is 3.42. The average Bonchev–Trinajstić information content (AvgIpc) is 2.20. The van der Waals surface area contributed by atoms with Crippen LogP contribution in [0, 0.1) is 5.82 Å². The molecule has 0 spiro atoms. The Morgan fingerprint density at radius 3 is 2.87 bits per heavy atom. The average molecular weight is 228 g/mol. The number of hydrogen-bond donors (Lipinski definition) is 1. The Hall–Kier alpha value is -1.03. The van der Waals surface area contributed by atoms with Gasteiger partial charge in [-0.3, -0.25) is 0 Å². The van der Waals surface area contributed by atoms with Crippen LogP contribution in [-0.4, -0.2) is 16.8 Å². The molecule has 0 amide bonds. The lowest BCUT2D eigenvalue weighted by Crippen LogP contribution is -2.00. The molecule has 1 rings (SSSR count). The van der Waals surface area contributed by atoms with E-state index >= 15 is 0 Å². The molecule has 0 saturated heterocycles. The molecule has 0 unspecified atom stereocenters. The summed E-state index contributed by atoms with van der Waals surface area (Å²) in [5.41, 5.74) is -0.253. The molecule has 1 aromatic rings. The molecule has 1 N–H and O–H groups in total. The van der Waals surface area contributed by atoms with Gasteiger partial charge in [0.25, 0.3) is 0 Å². The lowest BCUT2D eigenvalue weighted by Gasteiger charge is -2.02. The van der Waals surface area contributed by atoms with E-state index in [1.54, 1.807) is 17.8 Å². The lowest BCUT2D eigenvalue weighted by molar-refractivity contribution is 0.0691. The van der Waals surface area contributed by atoms with Gasteiger partial charge in [0.05, 0.1) is 5.56 Å². The molecule has 0 heterocycles. The quantitative estimate of drug-likeness (QED) is 0.619. The first-order chi connectivity index (χ1) is 7.15. The fourth-order valence-corrected chi connectivity index (χ4v) is 2.13. The standard InChI is InChI=1S/C11H13FO2S/c1-2-3-6-15-8-4-5-10(12)9(7-8)11(13)14/h4-5,7H,2-3,6H2,1H3,(H,13,14). The molecule has 1 aromatic carbocycles. The summed E-state index contributed by atoms with van der Waals surface area (Å²) in [4.78, 5) is 11.5. The van der Waals surface area contributed by atoms with E-state index in [-0.39, 0.29) is 5.56 Å². The maximum absolute atomic E-state index is 13.0. The molecule has 0 radical (unpaired) electrons. The summed E-state index contributed by atoms with van der Waals surface area (Å²) in [7, 11) is 0. The molecule has 0 aliphatic carbocycles. The zero-order valence-corrected chi connectivity index (χ0v) is 9.31. The number of rotatable bonds is 5. The van der Waals surface area contributed by atoms with E-state index in [0.29, 0.717) is 0 Å². The largest absolute Gasteiger partial charge is 0.478 e. The van der Waals surface area contributed by atoms with Crippen LogP contribution >= 0.6 is 11.8 Å². The highest BCUT2D eigenvalue weighted by Crippen LogP contribution is 2.22. The number of carbonyl (C=O) groups is 1. The predicted molar refractivity (Wildman–Crippen MR) is 59.0 cm³/mol. The van der Waals surface area contributed by atoms with Crippen molar-refractivity contribution in [1.82, 2.24) is 0 Å². The van der Waals surface area contributed by atoms with Crippen molar-refractivity contribution in [2.75, 3.05) is 5.75 Å². The van der Waals surface area contributed by atoms with Gasteiger partial charge in [0.15, 0.2) is 0 Å². The van der Waals surface area contributed by atoms with Crippen LogP contribution in [0.1, 0.15) is 30.1 Å². The van der Waals surface area contributed by atoms with E-state index < -0.39 is 11.8 Å². The van der Waals surface area contributed by atoms with E-state index in [1.807, 2.05) is 0 Å². The van der Waals surface area contributed by atoms with Crippen LogP contribution < -0.4 is 0 Å². The molecule has 82 valence electrons. The van der Waals surface area contributed by atoms with Gasteiger partial charge in [-0.1, -0.05) is 13.3 Å². The molecule has 0 bridgehead atoms. The first-order valence-corrected chi connectivity index (χ1v) is 5.79. The second-order valence-electron chi connectivity index (χ2n) is 3.15. The summed E-state index contributed by atoms with van der Waals surface area (Å²) < 4.78 is 13.0.